The first-order valence-electron chi connectivity index (χ1n) is 5.71. The summed E-state index contributed by atoms with van der Waals surface area (Å²) in [5, 5.41) is 3.52. The van der Waals surface area contributed by atoms with Crippen molar-refractivity contribution in [3.8, 4) is 0 Å². The van der Waals surface area contributed by atoms with Gasteiger partial charge in [0.05, 0.1) is 11.9 Å². The second kappa shape index (κ2) is 5.12. The van der Waals surface area contributed by atoms with Gasteiger partial charge in [0.1, 0.15) is 0 Å². The number of nitrogens with one attached hydrogen (secondary N) is 1. The number of anilines is 1. The molecule has 1 aliphatic heterocycles. The van der Waals surface area contributed by atoms with Gasteiger partial charge in [0.2, 0.25) is 0 Å². The SMILES string of the molecule is CN(CCC1CCCN1)c1cccnc1. The van der Waals surface area contributed by atoms with E-state index < -0.39 is 0 Å². The molecule has 1 N–H and O–H groups in total. The van der Waals surface area contributed by atoms with Gasteiger partial charge in [0.15, 0.2) is 0 Å². The Bertz CT molecular complexity index is 280. The zero-order chi connectivity index (χ0) is 10.5. The van der Waals surface area contributed by atoms with E-state index in [4.69, 9.17) is 0 Å². The Hall–Kier alpha value is -1.09. The van der Waals surface area contributed by atoms with Gasteiger partial charge in [-0.3, -0.25) is 4.98 Å². The van der Waals surface area contributed by atoms with Gasteiger partial charge in [-0.25, -0.2) is 0 Å². The summed E-state index contributed by atoms with van der Waals surface area (Å²) < 4.78 is 0. The average molecular weight is 205 g/mol. The summed E-state index contributed by atoms with van der Waals surface area (Å²) in [6.45, 7) is 2.30. The summed E-state index contributed by atoms with van der Waals surface area (Å²) in [5.41, 5.74) is 1.20. The fourth-order valence-corrected chi connectivity index (χ4v) is 2.06. The molecule has 1 fully saturated rings. The fraction of sp³-hybridized carbons (Fsp3) is 0.583. The molecule has 82 valence electrons. The maximum Gasteiger partial charge on any atom is 0.0550 e. The maximum atomic E-state index is 4.13. The van der Waals surface area contributed by atoms with Gasteiger partial charge in [-0.15, -0.1) is 0 Å². The van der Waals surface area contributed by atoms with E-state index in [2.05, 4.69) is 28.3 Å². The van der Waals surface area contributed by atoms with Crippen molar-refractivity contribution in [2.45, 2.75) is 25.3 Å². The van der Waals surface area contributed by atoms with Crippen LogP contribution in [-0.2, 0) is 0 Å². The quantitative estimate of drug-likeness (QED) is 0.810. The number of nitrogens with zero attached hydrogens (tertiary/aromatic N) is 2. The standard InChI is InChI=1S/C12H19N3/c1-15(12-5-3-7-13-10-12)9-6-11-4-2-8-14-11/h3,5,7,10-11,14H,2,4,6,8-9H2,1H3. The van der Waals surface area contributed by atoms with Crippen LogP contribution in [0, 0.1) is 0 Å². The Morgan fingerprint density at radius 3 is 3.20 bits per heavy atom. The van der Waals surface area contributed by atoms with Crippen LogP contribution in [0.25, 0.3) is 0 Å². The first-order chi connectivity index (χ1) is 7.36. The van der Waals surface area contributed by atoms with Crippen molar-refractivity contribution in [1.82, 2.24) is 10.3 Å². The molecule has 0 radical (unpaired) electrons. The highest BCUT2D eigenvalue weighted by atomic mass is 15.1. The van der Waals surface area contributed by atoms with Gasteiger partial charge in [0.25, 0.3) is 0 Å². The van der Waals surface area contributed by atoms with Crippen molar-refractivity contribution in [2.75, 3.05) is 25.0 Å². The van der Waals surface area contributed by atoms with E-state index in [1.54, 1.807) is 0 Å². The normalized spacial score (nSPS) is 20.5. The van der Waals surface area contributed by atoms with Gasteiger partial charge < -0.3 is 10.2 Å². The molecule has 0 aromatic carbocycles. The van der Waals surface area contributed by atoms with Gasteiger partial charge in [-0.2, -0.15) is 0 Å². The third-order valence-electron chi connectivity index (χ3n) is 3.06. The van der Waals surface area contributed by atoms with Crippen molar-refractivity contribution in [1.29, 1.82) is 0 Å². The second-order valence-electron chi connectivity index (χ2n) is 4.21. The predicted molar refractivity (Wildman–Crippen MR) is 63.1 cm³/mol. The molecule has 1 atom stereocenters. The smallest absolute Gasteiger partial charge is 0.0550 e. The molecule has 2 heterocycles. The van der Waals surface area contributed by atoms with Crippen molar-refractivity contribution in [3.63, 3.8) is 0 Å². The lowest BCUT2D eigenvalue weighted by Crippen LogP contribution is -2.28. The molecular weight excluding hydrogens is 186 g/mol. The molecule has 1 saturated heterocycles. The van der Waals surface area contributed by atoms with Gasteiger partial charge in [0, 0.05) is 25.8 Å². The molecule has 0 bridgehead atoms. The van der Waals surface area contributed by atoms with Crippen molar-refractivity contribution < 1.29 is 0 Å². The summed E-state index contributed by atoms with van der Waals surface area (Å²) in [5.74, 6) is 0. The molecular formula is C12H19N3. The predicted octanol–water partition coefficient (Wildman–Crippen LogP) is 1.66. The van der Waals surface area contributed by atoms with Crippen LogP contribution in [0.4, 0.5) is 5.69 Å². The van der Waals surface area contributed by atoms with Crippen LogP contribution in [0.15, 0.2) is 24.5 Å². The molecule has 0 aliphatic carbocycles. The molecule has 3 heteroatoms. The highest BCUT2D eigenvalue weighted by molar-refractivity contribution is 5.42. The summed E-state index contributed by atoms with van der Waals surface area (Å²) >= 11 is 0. The summed E-state index contributed by atoms with van der Waals surface area (Å²) in [4.78, 5) is 6.40. The first-order valence-corrected chi connectivity index (χ1v) is 5.71. The van der Waals surface area contributed by atoms with Crippen LogP contribution in [0.3, 0.4) is 0 Å². The second-order valence-corrected chi connectivity index (χ2v) is 4.21. The Labute approximate surface area is 91.5 Å². The molecule has 1 aromatic heterocycles. The van der Waals surface area contributed by atoms with Crippen molar-refractivity contribution >= 4 is 5.69 Å². The monoisotopic (exact) mass is 205 g/mol. The fourth-order valence-electron chi connectivity index (χ4n) is 2.06. The van der Waals surface area contributed by atoms with E-state index >= 15 is 0 Å². The highest BCUT2D eigenvalue weighted by Gasteiger charge is 2.14. The summed E-state index contributed by atoms with van der Waals surface area (Å²) in [6.07, 6.45) is 7.63. The topological polar surface area (TPSA) is 28.2 Å². The molecule has 1 aromatic rings. The summed E-state index contributed by atoms with van der Waals surface area (Å²) in [6, 6.07) is 4.82. The van der Waals surface area contributed by atoms with Crippen LogP contribution in [-0.4, -0.2) is 31.2 Å². The Morgan fingerprint density at radius 1 is 1.60 bits per heavy atom. The highest BCUT2D eigenvalue weighted by Crippen LogP contribution is 2.13. The van der Waals surface area contributed by atoms with Crippen LogP contribution in [0.5, 0.6) is 0 Å². The number of hydrogen-bond donors (Lipinski definition) is 1. The third kappa shape index (κ3) is 2.93. The number of hydrogen-bond acceptors (Lipinski definition) is 3. The van der Waals surface area contributed by atoms with E-state index in [1.807, 2.05) is 18.5 Å². The molecule has 0 amide bonds. The van der Waals surface area contributed by atoms with E-state index in [9.17, 15) is 0 Å². The van der Waals surface area contributed by atoms with Gasteiger partial charge in [-0.05, 0) is 37.9 Å². The minimum Gasteiger partial charge on any atom is -0.373 e. The lowest BCUT2D eigenvalue weighted by atomic mass is 10.1. The van der Waals surface area contributed by atoms with Crippen molar-refractivity contribution in [2.24, 2.45) is 0 Å². The minimum absolute atomic E-state index is 0.726. The van der Waals surface area contributed by atoms with Crippen LogP contribution >= 0.6 is 0 Å². The van der Waals surface area contributed by atoms with E-state index in [1.165, 1.54) is 31.5 Å². The zero-order valence-corrected chi connectivity index (χ0v) is 9.32. The lowest BCUT2D eigenvalue weighted by molar-refractivity contribution is 0.559. The average Bonchev–Trinajstić information content (AvgIpc) is 2.80. The molecule has 1 aliphatic rings. The molecule has 1 unspecified atom stereocenters. The van der Waals surface area contributed by atoms with Gasteiger partial charge >= 0.3 is 0 Å². The van der Waals surface area contributed by atoms with Gasteiger partial charge in [-0.1, -0.05) is 0 Å². The Balaban J connectivity index is 1.79. The van der Waals surface area contributed by atoms with Crippen LogP contribution < -0.4 is 10.2 Å². The summed E-state index contributed by atoms with van der Waals surface area (Å²) in [7, 11) is 2.13. The molecule has 15 heavy (non-hydrogen) atoms. The van der Waals surface area contributed by atoms with Crippen LogP contribution in [0.1, 0.15) is 19.3 Å². The molecule has 2 rings (SSSR count). The molecule has 0 spiro atoms. The number of pyridine rings is 1. The zero-order valence-electron chi connectivity index (χ0n) is 9.32. The van der Waals surface area contributed by atoms with Crippen molar-refractivity contribution in [3.05, 3.63) is 24.5 Å². The Morgan fingerprint density at radius 2 is 2.53 bits per heavy atom. The van der Waals surface area contributed by atoms with E-state index in [0.717, 1.165) is 12.6 Å². The lowest BCUT2D eigenvalue weighted by Gasteiger charge is -2.20. The largest absolute Gasteiger partial charge is 0.373 e. The molecule has 3 nitrogen and oxygen atoms in total. The third-order valence-corrected chi connectivity index (χ3v) is 3.06. The number of aromatic nitrogens is 1. The minimum atomic E-state index is 0.726. The molecule has 0 saturated carbocycles. The maximum absolute atomic E-state index is 4.13. The first kappa shape index (κ1) is 10.4. The van der Waals surface area contributed by atoms with E-state index in [-0.39, 0.29) is 0 Å². The van der Waals surface area contributed by atoms with Crippen LogP contribution in [0.2, 0.25) is 0 Å². The van der Waals surface area contributed by atoms with E-state index in [0.29, 0.717) is 0 Å². The Kier molecular flexibility index (Phi) is 3.56. The number of rotatable bonds is 4.